The number of hydrogen-bond acceptors (Lipinski definition) is 4. The molecule has 1 aromatic heterocycles. The summed E-state index contributed by atoms with van der Waals surface area (Å²) in [6.07, 6.45) is 0.127. The van der Waals surface area contributed by atoms with Crippen molar-refractivity contribution in [1.82, 2.24) is 9.88 Å². The molecule has 0 bridgehead atoms. The van der Waals surface area contributed by atoms with Gasteiger partial charge in [0.1, 0.15) is 17.2 Å². The quantitative estimate of drug-likeness (QED) is 0.708. The fraction of sp³-hybridized carbons (Fsp3) is 0.750. The fourth-order valence-corrected chi connectivity index (χ4v) is 6.90. The molecule has 28 heavy (non-hydrogen) atoms. The topological polar surface area (TPSA) is 42.4 Å². The Morgan fingerprint density at radius 2 is 2.00 bits per heavy atom. The summed E-state index contributed by atoms with van der Waals surface area (Å²) < 4.78 is 50.0. The standard InChI is InChI=1S/C20H28F3N3OS/c1-14(2)17-9-15(25-8-6-19(11-25)12-28(27)13-19)5-7-26(17)16-3-4-18(24-10-16)20(21,22)23/h3-4,10,14-15,17H,5-9,11-13H2,1-2H3. The Balaban J connectivity index is 1.44. The monoisotopic (exact) mass is 415 g/mol. The average Bonchev–Trinajstić information content (AvgIpc) is 3.05. The Kier molecular flexibility index (Phi) is 5.33. The first-order valence-electron chi connectivity index (χ1n) is 10.1. The molecule has 0 amide bonds. The molecule has 4 nitrogen and oxygen atoms in total. The lowest BCUT2D eigenvalue weighted by molar-refractivity contribution is -0.141. The highest BCUT2D eigenvalue weighted by molar-refractivity contribution is 7.92. The first kappa shape index (κ1) is 20.3. The largest absolute Gasteiger partial charge is 0.616 e. The summed E-state index contributed by atoms with van der Waals surface area (Å²) in [5.41, 5.74) is 0.220. The summed E-state index contributed by atoms with van der Waals surface area (Å²) in [5, 5.41) is 0. The van der Waals surface area contributed by atoms with Gasteiger partial charge in [-0.3, -0.25) is 4.90 Å². The van der Waals surface area contributed by atoms with Gasteiger partial charge in [-0.2, -0.15) is 13.2 Å². The van der Waals surface area contributed by atoms with Crippen LogP contribution in [-0.2, 0) is 17.4 Å². The van der Waals surface area contributed by atoms with Gasteiger partial charge in [0.25, 0.3) is 0 Å². The van der Waals surface area contributed by atoms with E-state index >= 15 is 0 Å². The lowest BCUT2D eigenvalue weighted by Gasteiger charge is -2.46. The van der Waals surface area contributed by atoms with Crippen LogP contribution in [0.4, 0.5) is 18.9 Å². The van der Waals surface area contributed by atoms with Crippen molar-refractivity contribution in [2.24, 2.45) is 11.3 Å². The van der Waals surface area contributed by atoms with E-state index in [9.17, 15) is 17.7 Å². The number of nitrogens with zero attached hydrogens (tertiary/aromatic N) is 3. The van der Waals surface area contributed by atoms with Crippen LogP contribution in [0.15, 0.2) is 18.3 Å². The van der Waals surface area contributed by atoms with Crippen molar-refractivity contribution in [2.75, 3.05) is 36.0 Å². The van der Waals surface area contributed by atoms with Crippen LogP contribution in [0.2, 0.25) is 0 Å². The molecule has 2 atom stereocenters. The summed E-state index contributed by atoms with van der Waals surface area (Å²) in [6.45, 7) is 7.32. The maximum atomic E-state index is 12.8. The molecule has 2 unspecified atom stereocenters. The molecule has 3 fully saturated rings. The molecule has 3 aliphatic rings. The predicted octanol–water partition coefficient (Wildman–Crippen LogP) is 3.55. The van der Waals surface area contributed by atoms with Gasteiger partial charge in [-0.05, 0) is 43.9 Å². The highest BCUT2D eigenvalue weighted by Crippen LogP contribution is 2.43. The second kappa shape index (κ2) is 7.36. The molecule has 3 saturated heterocycles. The van der Waals surface area contributed by atoms with E-state index in [0.717, 1.165) is 62.2 Å². The zero-order valence-corrected chi connectivity index (χ0v) is 17.2. The molecule has 3 aliphatic heterocycles. The van der Waals surface area contributed by atoms with Crippen LogP contribution in [0, 0.1) is 11.3 Å². The third-order valence-corrected chi connectivity index (χ3v) is 8.54. The lowest BCUT2D eigenvalue weighted by Crippen LogP contribution is -2.54. The van der Waals surface area contributed by atoms with E-state index in [1.54, 1.807) is 6.07 Å². The Morgan fingerprint density at radius 1 is 1.25 bits per heavy atom. The van der Waals surface area contributed by atoms with Gasteiger partial charge in [-0.1, -0.05) is 25.0 Å². The number of piperidine rings is 1. The molecular formula is C20H28F3N3OS. The van der Waals surface area contributed by atoms with Crippen LogP contribution in [0.3, 0.4) is 0 Å². The maximum absolute atomic E-state index is 12.8. The minimum absolute atomic E-state index is 0.282. The maximum Gasteiger partial charge on any atom is 0.433 e. The molecule has 0 radical (unpaired) electrons. The summed E-state index contributed by atoms with van der Waals surface area (Å²) in [4.78, 5) is 8.47. The van der Waals surface area contributed by atoms with E-state index in [1.165, 1.54) is 6.20 Å². The molecule has 0 saturated carbocycles. The minimum Gasteiger partial charge on any atom is -0.616 e. The number of anilines is 1. The number of pyridine rings is 1. The van der Waals surface area contributed by atoms with Gasteiger partial charge in [0.05, 0.1) is 17.3 Å². The number of hydrogen-bond donors (Lipinski definition) is 0. The van der Waals surface area contributed by atoms with Gasteiger partial charge in [0.15, 0.2) is 0 Å². The Morgan fingerprint density at radius 3 is 2.57 bits per heavy atom. The number of rotatable bonds is 3. The van der Waals surface area contributed by atoms with Gasteiger partial charge in [-0.25, -0.2) is 4.98 Å². The summed E-state index contributed by atoms with van der Waals surface area (Å²) in [7, 11) is 0. The summed E-state index contributed by atoms with van der Waals surface area (Å²) in [5.74, 6) is 2.11. The van der Waals surface area contributed by atoms with Crippen LogP contribution < -0.4 is 4.90 Å². The molecule has 156 valence electrons. The van der Waals surface area contributed by atoms with Crippen LogP contribution in [-0.4, -0.2) is 57.7 Å². The third-order valence-electron chi connectivity index (χ3n) is 6.68. The van der Waals surface area contributed by atoms with Crippen LogP contribution in [0.25, 0.3) is 0 Å². The van der Waals surface area contributed by atoms with Crippen molar-refractivity contribution in [3.63, 3.8) is 0 Å². The number of halogens is 3. The Hall–Kier alpha value is -0.990. The van der Waals surface area contributed by atoms with Crippen LogP contribution in [0.1, 0.15) is 38.8 Å². The van der Waals surface area contributed by atoms with E-state index in [1.807, 2.05) is 0 Å². The zero-order chi connectivity index (χ0) is 20.1. The second-order valence-electron chi connectivity index (χ2n) is 9.03. The molecule has 1 aromatic rings. The lowest BCUT2D eigenvalue weighted by atomic mass is 9.88. The average molecular weight is 416 g/mol. The molecule has 4 heterocycles. The van der Waals surface area contributed by atoms with E-state index in [0.29, 0.717) is 12.0 Å². The number of aromatic nitrogens is 1. The highest BCUT2D eigenvalue weighted by atomic mass is 32.2. The van der Waals surface area contributed by atoms with Gasteiger partial charge in [-0.15, -0.1) is 0 Å². The first-order chi connectivity index (χ1) is 13.2. The predicted molar refractivity (Wildman–Crippen MR) is 105 cm³/mol. The molecule has 8 heteroatoms. The van der Waals surface area contributed by atoms with Crippen molar-refractivity contribution in [3.05, 3.63) is 24.0 Å². The SMILES string of the molecule is CC(C)C1CC(N2CCC3(C2)C[S+]([O-])C3)CCN1c1ccc(C(F)(F)F)nc1. The van der Waals surface area contributed by atoms with Gasteiger partial charge in [0.2, 0.25) is 0 Å². The van der Waals surface area contributed by atoms with Crippen LogP contribution in [0.5, 0.6) is 0 Å². The molecule has 0 aromatic carbocycles. The molecule has 1 spiro atoms. The molecule has 0 N–H and O–H groups in total. The molecular weight excluding hydrogens is 387 g/mol. The minimum atomic E-state index is -4.40. The van der Waals surface area contributed by atoms with Crippen molar-refractivity contribution >= 4 is 16.9 Å². The van der Waals surface area contributed by atoms with Crippen molar-refractivity contribution < 1.29 is 17.7 Å². The van der Waals surface area contributed by atoms with E-state index in [-0.39, 0.29) is 11.5 Å². The van der Waals surface area contributed by atoms with Crippen molar-refractivity contribution in [1.29, 1.82) is 0 Å². The number of alkyl halides is 3. The summed E-state index contributed by atoms with van der Waals surface area (Å²) >= 11 is -0.616. The van der Waals surface area contributed by atoms with Gasteiger partial charge >= 0.3 is 6.18 Å². The molecule has 0 aliphatic carbocycles. The van der Waals surface area contributed by atoms with Gasteiger partial charge < -0.3 is 9.45 Å². The van der Waals surface area contributed by atoms with Crippen molar-refractivity contribution in [3.8, 4) is 0 Å². The number of likely N-dealkylation sites (tertiary alicyclic amines) is 1. The van der Waals surface area contributed by atoms with E-state index in [2.05, 4.69) is 28.6 Å². The van der Waals surface area contributed by atoms with Gasteiger partial charge in [0, 0.05) is 25.2 Å². The van der Waals surface area contributed by atoms with E-state index < -0.39 is 23.0 Å². The second-order valence-corrected chi connectivity index (χ2v) is 10.5. The van der Waals surface area contributed by atoms with Crippen molar-refractivity contribution in [2.45, 2.75) is 51.4 Å². The fourth-order valence-electron chi connectivity index (χ4n) is 5.14. The first-order valence-corrected chi connectivity index (χ1v) is 11.5. The normalized spacial score (nSPS) is 34.2. The zero-order valence-electron chi connectivity index (χ0n) is 16.4. The Bertz CT molecular complexity index is 691. The third kappa shape index (κ3) is 3.87. The van der Waals surface area contributed by atoms with Crippen LogP contribution >= 0.6 is 0 Å². The molecule has 4 rings (SSSR count). The van der Waals surface area contributed by atoms with E-state index in [4.69, 9.17) is 0 Å². The highest BCUT2D eigenvalue weighted by Gasteiger charge is 2.53. The Labute approximate surface area is 167 Å². The smallest absolute Gasteiger partial charge is 0.433 e. The summed E-state index contributed by atoms with van der Waals surface area (Å²) in [6, 6.07) is 3.42.